The topological polar surface area (TPSA) is 78.9 Å². The van der Waals surface area contributed by atoms with Crippen LogP contribution < -0.4 is 0 Å². The highest BCUT2D eigenvalue weighted by atomic mass is 16.6. The van der Waals surface area contributed by atoms with Gasteiger partial charge in [-0.1, -0.05) is 306 Å². The molecule has 1 atom stereocenters. The zero-order valence-corrected chi connectivity index (χ0v) is 51.2. The van der Waals surface area contributed by atoms with Crippen molar-refractivity contribution in [1.82, 2.24) is 0 Å². The summed E-state index contributed by atoms with van der Waals surface area (Å²) in [6, 6.07) is 0. The number of allylic oxidation sites excluding steroid dienone is 12. The largest absolute Gasteiger partial charge is 0.462 e. The summed E-state index contributed by atoms with van der Waals surface area (Å²) >= 11 is 0. The normalized spacial score (nSPS) is 12.5. The third-order valence-electron chi connectivity index (χ3n) is 14.7. The van der Waals surface area contributed by atoms with Crippen molar-refractivity contribution in [3.8, 4) is 0 Å². The Balaban J connectivity index is 4.33. The molecule has 6 nitrogen and oxygen atoms in total. The van der Waals surface area contributed by atoms with E-state index in [0.717, 1.165) is 103 Å². The molecule has 0 fully saturated rings. The summed E-state index contributed by atoms with van der Waals surface area (Å²) in [5.41, 5.74) is 0. The molecule has 0 aromatic rings. The first kappa shape index (κ1) is 73.8. The number of ether oxygens (including phenoxy) is 3. The monoisotopic (exact) mass is 1070 g/mol. The first-order valence-electron chi connectivity index (χ1n) is 33.4. The van der Waals surface area contributed by atoms with Gasteiger partial charge < -0.3 is 14.2 Å². The molecule has 0 saturated carbocycles. The molecule has 0 spiro atoms. The second kappa shape index (κ2) is 65.4. The lowest BCUT2D eigenvalue weighted by Crippen LogP contribution is -2.30. The maximum atomic E-state index is 12.9. The highest BCUT2D eigenvalue weighted by Gasteiger charge is 2.19. The van der Waals surface area contributed by atoms with Crippen molar-refractivity contribution in [2.45, 2.75) is 348 Å². The van der Waals surface area contributed by atoms with Gasteiger partial charge in [-0.3, -0.25) is 14.4 Å². The van der Waals surface area contributed by atoms with Gasteiger partial charge in [-0.25, -0.2) is 0 Å². The minimum absolute atomic E-state index is 0.0820. The molecule has 0 rings (SSSR count). The maximum Gasteiger partial charge on any atom is 0.306 e. The van der Waals surface area contributed by atoms with Gasteiger partial charge in [0.2, 0.25) is 0 Å². The molecule has 0 aliphatic carbocycles. The molecule has 0 saturated heterocycles. The van der Waals surface area contributed by atoms with Gasteiger partial charge >= 0.3 is 17.9 Å². The Morgan fingerprint density at radius 2 is 0.506 bits per heavy atom. The van der Waals surface area contributed by atoms with Gasteiger partial charge in [-0.15, -0.1) is 0 Å². The molecule has 0 aliphatic rings. The van der Waals surface area contributed by atoms with Crippen molar-refractivity contribution in [2.24, 2.45) is 0 Å². The minimum atomic E-state index is -0.788. The van der Waals surface area contributed by atoms with Crippen molar-refractivity contribution in [1.29, 1.82) is 0 Å². The molecule has 0 N–H and O–H groups in total. The smallest absolute Gasteiger partial charge is 0.306 e. The molecular weight excluding hydrogens is 949 g/mol. The summed E-state index contributed by atoms with van der Waals surface area (Å²) in [7, 11) is 0. The molecule has 0 heterocycles. The van der Waals surface area contributed by atoms with Crippen LogP contribution in [0.1, 0.15) is 342 Å². The Hall–Kier alpha value is -3.15. The SMILES string of the molecule is CC/C=C\C/C=C\C/C=C\C/C=C\CCCCCCC(=O)OC(COC(=O)CCCCCCCCCCCCCCC/C=C\C/C=C\CCCCCCC)COC(=O)CCCCCCCCCCCCCCCCCCC. The second-order valence-electron chi connectivity index (χ2n) is 22.4. The second-order valence-corrected chi connectivity index (χ2v) is 22.4. The highest BCUT2D eigenvalue weighted by Crippen LogP contribution is 2.17. The van der Waals surface area contributed by atoms with Crippen LogP contribution in [0.2, 0.25) is 0 Å². The third-order valence-corrected chi connectivity index (χ3v) is 14.7. The van der Waals surface area contributed by atoms with Crippen LogP contribution in [0, 0.1) is 0 Å². The lowest BCUT2D eigenvalue weighted by atomic mass is 10.0. The zero-order valence-electron chi connectivity index (χ0n) is 51.2. The predicted octanol–water partition coefficient (Wildman–Crippen LogP) is 22.9. The van der Waals surface area contributed by atoms with Gasteiger partial charge in [0.15, 0.2) is 6.10 Å². The maximum absolute atomic E-state index is 12.9. The van der Waals surface area contributed by atoms with Crippen molar-refractivity contribution in [2.75, 3.05) is 13.2 Å². The fraction of sp³-hybridized carbons (Fsp3) is 0.789. The van der Waals surface area contributed by atoms with Crippen molar-refractivity contribution in [3.63, 3.8) is 0 Å². The summed E-state index contributed by atoms with van der Waals surface area (Å²) in [4.78, 5) is 38.4. The van der Waals surface area contributed by atoms with Crippen LogP contribution in [0.5, 0.6) is 0 Å². The van der Waals surface area contributed by atoms with Crippen LogP contribution in [0.15, 0.2) is 72.9 Å². The van der Waals surface area contributed by atoms with Crippen LogP contribution in [-0.4, -0.2) is 37.2 Å². The number of hydrogen-bond acceptors (Lipinski definition) is 6. The molecule has 0 amide bonds. The van der Waals surface area contributed by atoms with E-state index in [1.165, 1.54) is 199 Å². The van der Waals surface area contributed by atoms with Gasteiger partial charge in [0, 0.05) is 19.3 Å². The van der Waals surface area contributed by atoms with Gasteiger partial charge in [-0.2, -0.15) is 0 Å². The van der Waals surface area contributed by atoms with Crippen LogP contribution in [0.25, 0.3) is 0 Å². The van der Waals surface area contributed by atoms with Crippen molar-refractivity contribution >= 4 is 17.9 Å². The quantitative estimate of drug-likeness (QED) is 0.0261. The van der Waals surface area contributed by atoms with Gasteiger partial charge in [0.25, 0.3) is 0 Å². The molecule has 1 unspecified atom stereocenters. The average molecular weight is 1080 g/mol. The van der Waals surface area contributed by atoms with Gasteiger partial charge in [0.05, 0.1) is 0 Å². The summed E-state index contributed by atoms with van der Waals surface area (Å²) < 4.78 is 16.9. The summed E-state index contributed by atoms with van der Waals surface area (Å²) in [5.74, 6) is -0.888. The van der Waals surface area contributed by atoms with E-state index in [-0.39, 0.29) is 31.1 Å². The molecule has 6 heteroatoms. The molecule has 0 aromatic carbocycles. The number of carbonyl (C=O) groups is 3. The number of carbonyl (C=O) groups excluding carboxylic acids is 3. The standard InChI is InChI=1S/C71H126O6/c1-4-7-10-13-16-19-22-25-28-31-32-33-34-35-36-37-38-41-43-46-49-52-55-58-61-64-70(73)76-67-68(77-71(74)65-62-59-56-53-50-47-44-40-30-27-24-21-18-15-12-9-6-3)66-75-69(72)63-60-57-54-51-48-45-42-39-29-26-23-20-17-14-11-8-5-2/h9,12,18,21-22,25,27,30-32,44,47,68H,4-8,10-11,13-17,19-20,23-24,26,28-29,33-43,45-46,48-67H2,1-3H3/b12-9-,21-18-,25-22-,30-27-,32-31-,47-44-. The molecule has 0 aliphatic heterocycles. The molecule has 0 radical (unpaired) electrons. The van der Waals surface area contributed by atoms with E-state index in [1.54, 1.807) is 0 Å². The Labute approximate surface area is 478 Å². The van der Waals surface area contributed by atoms with E-state index in [0.29, 0.717) is 19.3 Å². The number of esters is 3. The highest BCUT2D eigenvalue weighted by molar-refractivity contribution is 5.71. The Morgan fingerprint density at radius 3 is 0.792 bits per heavy atom. The number of rotatable bonds is 61. The van der Waals surface area contributed by atoms with E-state index in [1.807, 2.05) is 0 Å². The molecule has 77 heavy (non-hydrogen) atoms. The van der Waals surface area contributed by atoms with Crippen molar-refractivity contribution in [3.05, 3.63) is 72.9 Å². The average Bonchev–Trinajstić information content (AvgIpc) is 3.43. The van der Waals surface area contributed by atoms with Crippen LogP contribution >= 0.6 is 0 Å². The first-order valence-corrected chi connectivity index (χ1v) is 33.4. The summed E-state index contributed by atoms with van der Waals surface area (Å²) in [6.45, 7) is 6.55. The van der Waals surface area contributed by atoms with Crippen molar-refractivity contribution < 1.29 is 28.6 Å². The number of hydrogen-bond donors (Lipinski definition) is 0. The van der Waals surface area contributed by atoms with Gasteiger partial charge in [-0.05, 0) is 89.9 Å². The Morgan fingerprint density at radius 1 is 0.273 bits per heavy atom. The van der Waals surface area contributed by atoms with Crippen LogP contribution in [0.4, 0.5) is 0 Å². The van der Waals surface area contributed by atoms with Crippen LogP contribution in [-0.2, 0) is 28.6 Å². The fourth-order valence-corrected chi connectivity index (χ4v) is 9.70. The van der Waals surface area contributed by atoms with E-state index >= 15 is 0 Å². The Kier molecular flexibility index (Phi) is 62.7. The van der Waals surface area contributed by atoms with Gasteiger partial charge in [0.1, 0.15) is 13.2 Å². The zero-order chi connectivity index (χ0) is 55.7. The lowest BCUT2D eigenvalue weighted by molar-refractivity contribution is -0.167. The third kappa shape index (κ3) is 63.6. The van der Waals surface area contributed by atoms with E-state index < -0.39 is 6.10 Å². The van der Waals surface area contributed by atoms with E-state index in [2.05, 4.69) is 93.7 Å². The van der Waals surface area contributed by atoms with E-state index in [9.17, 15) is 14.4 Å². The fourth-order valence-electron chi connectivity index (χ4n) is 9.70. The molecule has 0 aromatic heterocycles. The predicted molar refractivity (Wildman–Crippen MR) is 335 cm³/mol. The molecule has 0 bridgehead atoms. The minimum Gasteiger partial charge on any atom is -0.462 e. The summed E-state index contributed by atoms with van der Waals surface area (Å²) in [6.07, 6.45) is 84.8. The molecular formula is C71H126O6. The first-order chi connectivity index (χ1) is 38.0. The Bertz CT molecular complexity index is 1420. The number of unbranched alkanes of at least 4 members (excludes halogenated alkanes) is 38. The molecule has 446 valence electrons. The summed E-state index contributed by atoms with van der Waals surface area (Å²) in [5, 5.41) is 0. The van der Waals surface area contributed by atoms with E-state index in [4.69, 9.17) is 14.2 Å². The lowest BCUT2D eigenvalue weighted by Gasteiger charge is -2.18. The van der Waals surface area contributed by atoms with Crippen LogP contribution in [0.3, 0.4) is 0 Å².